The van der Waals surface area contributed by atoms with E-state index in [0.717, 1.165) is 29.8 Å². The van der Waals surface area contributed by atoms with Gasteiger partial charge in [-0.3, -0.25) is 0 Å². The van der Waals surface area contributed by atoms with Gasteiger partial charge in [0.1, 0.15) is 11.6 Å². The van der Waals surface area contributed by atoms with Crippen LogP contribution in [-0.4, -0.2) is 17.1 Å². The summed E-state index contributed by atoms with van der Waals surface area (Å²) in [5.41, 5.74) is 15.9. The zero-order chi connectivity index (χ0) is 12.7. The number of rotatable bonds is 1. The number of ether oxygens (including phenoxy) is 1. The maximum absolute atomic E-state index is 5.91. The van der Waals surface area contributed by atoms with Crippen LogP contribution < -0.4 is 16.2 Å². The summed E-state index contributed by atoms with van der Waals surface area (Å²) < 4.78 is 5.24. The number of hydrogen-bond donors (Lipinski definition) is 2. The molecule has 0 atom stereocenters. The second-order valence-corrected chi connectivity index (χ2v) is 4.38. The molecule has 92 valence electrons. The summed E-state index contributed by atoms with van der Waals surface area (Å²) in [6, 6.07) is 6.05. The van der Waals surface area contributed by atoms with Crippen molar-refractivity contribution in [1.82, 2.24) is 9.97 Å². The summed E-state index contributed by atoms with van der Waals surface area (Å²) in [6.07, 6.45) is 1.47. The summed E-state index contributed by atoms with van der Waals surface area (Å²) in [4.78, 5) is 8.29. The normalized spacial score (nSPS) is 12.7. The van der Waals surface area contributed by atoms with E-state index in [1.165, 1.54) is 11.1 Å². The summed E-state index contributed by atoms with van der Waals surface area (Å²) in [7, 11) is 1.66. The average molecular weight is 242 g/mol. The monoisotopic (exact) mass is 242 g/mol. The predicted octanol–water partition coefficient (Wildman–Crippen LogP) is 1.14. The van der Waals surface area contributed by atoms with Gasteiger partial charge in [0.15, 0.2) is 0 Å². The van der Waals surface area contributed by atoms with Crippen LogP contribution in [0.5, 0.6) is 5.75 Å². The SMILES string of the molecule is COc1ccc2c(c1)Cc1c(N)nc(N)nc1C2. The first kappa shape index (κ1) is 10.8. The van der Waals surface area contributed by atoms with Gasteiger partial charge in [-0.1, -0.05) is 6.07 Å². The summed E-state index contributed by atoms with van der Waals surface area (Å²) >= 11 is 0. The van der Waals surface area contributed by atoms with Crippen LogP contribution in [0.3, 0.4) is 0 Å². The van der Waals surface area contributed by atoms with E-state index in [2.05, 4.69) is 16.0 Å². The van der Waals surface area contributed by atoms with Gasteiger partial charge >= 0.3 is 0 Å². The summed E-state index contributed by atoms with van der Waals surface area (Å²) in [5.74, 6) is 1.57. The number of nitrogens with two attached hydrogens (primary N) is 2. The molecule has 3 rings (SSSR count). The molecule has 1 heterocycles. The highest BCUT2D eigenvalue weighted by Crippen LogP contribution is 2.31. The number of nitrogen functional groups attached to an aromatic ring is 2. The van der Waals surface area contributed by atoms with Crippen LogP contribution in [0.1, 0.15) is 22.4 Å². The Morgan fingerprint density at radius 3 is 2.72 bits per heavy atom. The lowest BCUT2D eigenvalue weighted by Crippen LogP contribution is -2.15. The van der Waals surface area contributed by atoms with E-state index in [-0.39, 0.29) is 5.95 Å². The third-order valence-electron chi connectivity index (χ3n) is 3.28. The first-order chi connectivity index (χ1) is 8.67. The highest BCUT2D eigenvalue weighted by molar-refractivity contribution is 5.54. The topological polar surface area (TPSA) is 87.0 Å². The number of benzene rings is 1. The van der Waals surface area contributed by atoms with E-state index in [9.17, 15) is 0 Å². The Morgan fingerprint density at radius 1 is 1.11 bits per heavy atom. The Bertz CT molecular complexity index is 625. The standard InChI is InChI=1S/C13H14N4O/c1-18-9-3-2-7-6-11-10(5-8(7)4-9)12(14)17-13(15)16-11/h2-4H,5-6H2,1H3,(H4,14,15,16,17). The third-order valence-corrected chi connectivity index (χ3v) is 3.28. The molecule has 1 aliphatic carbocycles. The van der Waals surface area contributed by atoms with Gasteiger partial charge in [-0.05, 0) is 23.3 Å². The maximum atomic E-state index is 5.91. The lowest BCUT2D eigenvalue weighted by Gasteiger charge is -2.20. The molecule has 0 amide bonds. The van der Waals surface area contributed by atoms with Crippen molar-refractivity contribution in [3.05, 3.63) is 40.6 Å². The minimum atomic E-state index is 0.239. The lowest BCUT2D eigenvalue weighted by atomic mass is 9.89. The molecule has 0 unspecified atom stereocenters. The molecule has 0 bridgehead atoms. The van der Waals surface area contributed by atoms with Crippen LogP contribution in [0.2, 0.25) is 0 Å². The number of fused-ring (bicyclic) bond motifs is 2. The number of hydrogen-bond acceptors (Lipinski definition) is 5. The zero-order valence-corrected chi connectivity index (χ0v) is 10.1. The van der Waals surface area contributed by atoms with Crippen LogP contribution >= 0.6 is 0 Å². The number of nitrogens with zero attached hydrogens (tertiary/aromatic N) is 2. The zero-order valence-electron chi connectivity index (χ0n) is 10.1. The predicted molar refractivity (Wildman–Crippen MR) is 69.5 cm³/mol. The van der Waals surface area contributed by atoms with Crippen molar-refractivity contribution in [2.45, 2.75) is 12.8 Å². The van der Waals surface area contributed by atoms with Crippen molar-refractivity contribution in [2.24, 2.45) is 0 Å². The molecule has 4 N–H and O–H groups in total. The van der Waals surface area contributed by atoms with Crippen LogP contribution in [-0.2, 0) is 12.8 Å². The van der Waals surface area contributed by atoms with Crippen LogP contribution in [0, 0.1) is 0 Å². The molecule has 5 nitrogen and oxygen atoms in total. The molecule has 18 heavy (non-hydrogen) atoms. The van der Waals surface area contributed by atoms with Gasteiger partial charge in [0.05, 0.1) is 12.8 Å². The molecule has 0 saturated carbocycles. The Kier molecular flexibility index (Phi) is 2.33. The molecule has 5 heteroatoms. The second kappa shape index (κ2) is 3.87. The van der Waals surface area contributed by atoms with E-state index in [4.69, 9.17) is 16.2 Å². The number of anilines is 2. The fraction of sp³-hybridized carbons (Fsp3) is 0.231. The van der Waals surface area contributed by atoms with E-state index < -0.39 is 0 Å². The molecule has 1 aromatic heterocycles. The first-order valence-electron chi connectivity index (χ1n) is 5.74. The fourth-order valence-electron chi connectivity index (χ4n) is 2.35. The molecular formula is C13H14N4O. The Balaban J connectivity index is 2.09. The van der Waals surface area contributed by atoms with Crippen molar-refractivity contribution in [2.75, 3.05) is 18.6 Å². The first-order valence-corrected chi connectivity index (χ1v) is 5.74. The van der Waals surface area contributed by atoms with Crippen molar-refractivity contribution in [3.8, 4) is 5.75 Å². The quantitative estimate of drug-likeness (QED) is 0.668. The Labute approximate surface area is 105 Å². The molecule has 0 radical (unpaired) electrons. The Hall–Kier alpha value is -2.30. The minimum Gasteiger partial charge on any atom is -0.497 e. The molecule has 1 aromatic carbocycles. The highest BCUT2D eigenvalue weighted by Gasteiger charge is 2.20. The van der Waals surface area contributed by atoms with E-state index in [1.807, 2.05) is 12.1 Å². The second-order valence-electron chi connectivity index (χ2n) is 4.38. The van der Waals surface area contributed by atoms with E-state index >= 15 is 0 Å². The van der Waals surface area contributed by atoms with Gasteiger partial charge in [-0.15, -0.1) is 0 Å². The van der Waals surface area contributed by atoms with Crippen LogP contribution in [0.25, 0.3) is 0 Å². The van der Waals surface area contributed by atoms with Gasteiger partial charge in [-0.25, -0.2) is 4.98 Å². The van der Waals surface area contributed by atoms with Crippen LogP contribution in [0.4, 0.5) is 11.8 Å². The van der Waals surface area contributed by atoms with Gasteiger partial charge in [0.25, 0.3) is 0 Å². The third kappa shape index (κ3) is 1.64. The van der Waals surface area contributed by atoms with E-state index in [1.54, 1.807) is 7.11 Å². The molecule has 0 spiro atoms. The average Bonchev–Trinajstić information content (AvgIpc) is 2.36. The summed E-state index contributed by atoms with van der Waals surface area (Å²) in [6.45, 7) is 0. The van der Waals surface area contributed by atoms with Crippen molar-refractivity contribution in [3.63, 3.8) is 0 Å². The number of methoxy groups -OCH3 is 1. The van der Waals surface area contributed by atoms with Crippen LogP contribution in [0.15, 0.2) is 18.2 Å². The van der Waals surface area contributed by atoms with Gasteiger partial charge in [0, 0.05) is 18.4 Å². The van der Waals surface area contributed by atoms with E-state index in [0.29, 0.717) is 5.82 Å². The highest BCUT2D eigenvalue weighted by atomic mass is 16.5. The van der Waals surface area contributed by atoms with Crippen molar-refractivity contribution < 1.29 is 4.74 Å². The molecule has 2 aromatic rings. The minimum absolute atomic E-state index is 0.239. The molecule has 0 saturated heterocycles. The summed E-state index contributed by atoms with van der Waals surface area (Å²) in [5, 5.41) is 0. The van der Waals surface area contributed by atoms with Gasteiger partial charge in [0.2, 0.25) is 5.95 Å². The van der Waals surface area contributed by atoms with Crippen molar-refractivity contribution >= 4 is 11.8 Å². The largest absolute Gasteiger partial charge is 0.497 e. The number of aromatic nitrogens is 2. The maximum Gasteiger partial charge on any atom is 0.222 e. The fourth-order valence-corrected chi connectivity index (χ4v) is 2.35. The Morgan fingerprint density at radius 2 is 1.94 bits per heavy atom. The molecule has 0 fully saturated rings. The lowest BCUT2D eigenvalue weighted by molar-refractivity contribution is 0.414. The molecule has 0 aliphatic heterocycles. The molecule has 1 aliphatic rings. The van der Waals surface area contributed by atoms with Gasteiger partial charge in [-0.2, -0.15) is 4.98 Å². The smallest absolute Gasteiger partial charge is 0.222 e. The van der Waals surface area contributed by atoms with Crippen molar-refractivity contribution in [1.29, 1.82) is 0 Å². The van der Waals surface area contributed by atoms with Gasteiger partial charge < -0.3 is 16.2 Å². The molecular weight excluding hydrogens is 228 g/mol.